The number of amides is 1. The molecule has 1 aromatic carbocycles. The number of anilines is 1. The Kier molecular flexibility index (Phi) is 3.82. The Labute approximate surface area is 111 Å². The van der Waals surface area contributed by atoms with E-state index >= 15 is 0 Å². The van der Waals surface area contributed by atoms with Gasteiger partial charge in [-0.2, -0.15) is 8.78 Å². The van der Waals surface area contributed by atoms with Gasteiger partial charge in [-0.25, -0.2) is 4.39 Å². The highest BCUT2D eigenvalue weighted by Gasteiger charge is 2.48. The molecule has 2 atom stereocenters. The molecule has 2 N–H and O–H groups in total. The molecule has 20 heavy (non-hydrogen) atoms. The second-order valence-corrected chi connectivity index (χ2v) is 4.30. The Hall–Kier alpha value is -2.25. The molecular weight excluding hydrogens is 279 g/mol. The zero-order valence-corrected chi connectivity index (χ0v) is 9.98. The minimum Gasteiger partial charge on any atom is -0.481 e. The second-order valence-electron chi connectivity index (χ2n) is 4.30. The zero-order chi connectivity index (χ0) is 14.9. The number of carboxylic acid groups (broad SMARTS) is 1. The third-order valence-corrected chi connectivity index (χ3v) is 2.86. The fourth-order valence-corrected chi connectivity index (χ4v) is 1.76. The monoisotopic (exact) mass is 289 g/mol. The normalized spacial score (nSPS) is 20.6. The molecule has 1 amide bonds. The van der Waals surface area contributed by atoms with E-state index in [9.17, 15) is 22.8 Å². The van der Waals surface area contributed by atoms with Crippen LogP contribution in [0.25, 0.3) is 0 Å². The first-order valence-corrected chi connectivity index (χ1v) is 5.66. The van der Waals surface area contributed by atoms with E-state index in [1.807, 2.05) is 0 Å². The number of carbonyl (C=O) groups excluding carboxylic acids is 1. The first-order chi connectivity index (χ1) is 9.38. The second kappa shape index (κ2) is 5.40. The van der Waals surface area contributed by atoms with Crippen molar-refractivity contribution in [3.8, 4) is 5.75 Å². The molecule has 0 heterocycles. The number of carboxylic acids is 1. The smallest absolute Gasteiger partial charge is 0.387 e. The van der Waals surface area contributed by atoms with Crippen LogP contribution >= 0.6 is 0 Å². The Morgan fingerprint density at radius 2 is 2.05 bits per heavy atom. The predicted molar refractivity (Wildman–Crippen MR) is 60.9 cm³/mol. The van der Waals surface area contributed by atoms with Crippen molar-refractivity contribution in [2.24, 2.45) is 11.8 Å². The van der Waals surface area contributed by atoms with E-state index in [-0.39, 0.29) is 12.1 Å². The van der Waals surface area contributed by atoms with E-state index in [0.717, 1.165) is 12.1 Å². The average Bonchev–Trinajstić information content (AvgIpc) is 3.12. The molecule has 0 spiro atoms. The van der Waals surface area contributed by atoms with Crippen LogP contribution in [-0.2, 0) is 9.59 Å². The van der Waals surface area contributed by atoms with E-state index in [2.05, 4.69) is 10.1 Å². The first kappa shape index (κ1) is 14.2. The number of nitrogens with one attached hydrogen (secondary N) is 1. The molecule has 0 bridgehead atoms. The molecule has 0 radical (unpaired) electrons. The van der Waals surface area contributed by atoms with E-state index in [4.69, 9.17) is 5.11 Å². The van der Waals surface area contributed by atoms with Crippen molar-refractivity contribution in [2.75, 3.05) is 5.32 Å². The van der Waals surface area contributed by atoms with Crippen molar-refractivity contribution in [1.82, 2.24) is 0 Å². The van der Waals surface area contributed by atoms with Gasteiger partial charge in [0.1, 0.15) is 0 Å². The van der Waals surface area contributed by atoms with Crippen LogP contribution in [-0.4, -0.2) is 23.6 Å². The summed E-state index contributed by atoms with van der Waals surface area (Å²) in [5.41, 5.74) is 0.0464. The summed E-state index contributed by atoms with van der Waals surface area (Å²) in [5, 5.41) is 11.0. The van der Waals surface area contributed by atoms with Crippen molar-refractivity contribution in [1.29, 1.82) is 0 Å². The molecule has 8 heteroatoms. The van der Waals surface area contributed by atoms with E-state index in [1.165, 1.54) is 6.07 Å². The fraction of sp³-hybridized carbons (Fsp3) is 0.333. The van der Waals surface area contributed by atoms with Gasteiger partial charge in [0.15, 0.2) is 11.6 Å². The number of alkyl halides is 2. The van der Waals surface area contributed by atoms with Gasteiger partial charge in [-0.15, -0.1) is 0 Å². The van der Waals surface area contributed by atoms with Gasteiger partial charge >= 0.3 is 12.6 Å². The summed E-state index contributed by atoms with van der Waals surface area (Å²) in [4.78, 5) is 22.2. The maximum Gasteiger partial charge on any atom is 0.387 e. The summed E-state index contributed by atoms with van der Waals surface area (Å²) in [6, 6.07) is 2.98. The topological polar surface area (TPSA) is 75.6 Å². The fourth-order valence-electron chi connectivity index (χ4n) is 1.76. The van der Waals surface area contributed by atoms with Crippen LogP contribution in [0.2, 0.25) is 0 Å². The Balaban J connectivity index is 1.99. The molecule has 108 valence electrons. The molecule has 1 aromatic rings. The average molecular weight is 289 g/mol. The standard InChI is InChI=1S/C12H10F3NO4/c13-8-3-5(1-2-9(8)20-12(14)15)16-10(17)6-4-7(6)11(18)19/h1-3,6-7,12H,4H2,(H,16,17)(H,18,19). The summed E-state index contributed by atoms with van der Waals surface area (Å²) in [7, 11) is 0. The summed E-state index contributed by atoms with van der Waals surface area (Å²) in [6.07, 6.45) is 0.232. The minimum atomic E-state index is -3.15. The van der Waals surface area contributed by atoms with Gasteiger partial charge in [-0.1, -0.05) is 0 Å². The first-order valence-electron chi connectivity index (χ1n) is 5.66. The third kappa shape index (κ3) is 3.19. The van der Waals surface area contributed by atoms with E-state index in [0.29, 0.717) is 0 Å². The van der Waals surface area contributed by atoms with Crippen LogP contribution in [0.4, 0.5) is 18.9 Å². The number of halogens is 3. The predicted octanol–water partition coefficient (Wildman–Crippen LogP) is 2.09. The summed E-state index contributed by atoms with van der Waals surface area (Å²) in [6.45, 7) is -3.15. The highest BCUT2D eigenvalue weighted by atomic mass is 19.3. The highest BCUT2D eigenvalue weighted by Crippen LogP contribution is 2.39. The maximum atomic E-state index is 13.4. The molecule has 0 aliphatic heterocycles. The molecule has 2 unspecified atom stereocenters. The summed E-state index contributed by atoms with van der Waals surface area (Å²) >= 11 is 0. The molecule has 0 aromatic heterocycles. The number of aliphatic carboxylic acids is 1. The number of rotatable bonds is 5. The van der Waals surface area contributed by atoms with Gasteiger partial charge < -0.3 is 15.2 Å². The van der Waals surface area contributed by atoms with Gasteiger partial charge in [-0.3, -0.25) is 9.59 Å². The number of carbonyl (C=O) groups is 2. The molecule has 1 saturated carbocycles. The van der Waals surface area contributed by atoms with Crippen molar-refractivity contribution in [3.63, 3.8) is 0 Å². The molecule has 1 fully saturated rings. The number of ether oxygens (including phenoxy) is 1. The Bertz CT molecular complexity index is 550. The number of benzene rings is 1. The van der Waals surface area contributed by atoms with E-state index in [1.54, 1.807) is 0 Å². The Morgan fingerprint density at radius 1 is 1.35 bits per heavy atom. The molecule has 5 nitrogen and oxygen atoms in total. The quantitative estimate of drug-likeness (QED) is 0.870. The molecule has 0 saturated heterocycles. The van der Waals surface area contributed by atoms with Crippen molar-refractivity contribution in [2.45, 2.75) is 13.0 Å². The van der Waals surface area contributed by atoms with Crippen molar-refractivity contribution < 1.29 is 32.6 Å². The van der Waals surface area contributed by atoms with Crippen molar-refractivity contribution >= 4 is 17.6 Å². The lowest BCUT2D eigenvalue weighted by molar-refractivity contribution is -0.139. The SMILES string of the molecule is O=C(O)C1CC1C(=O)Nc1ccc(OC(F)F)c(F)c1. The van der Waals surface area contributed by atoms with Gasteiger partial charge in [0.05, 0.1) is 11.8 Å². The lowest BCUT2D eigenvalue weighted by Gasteiger charge is -2.08. The lowest BCUT2D eigenvalue weighted by atomic mass is 10.2. The lowest BCUT2D eigenvalue weighted by Crippen LogP contribution is -2.17. The van der Waals surface area contributed by atoms with Gasteiger partial charge in [0.2, 0.25) is 5.91 Å². The maximum absolute atomic E-state index is 13.4. The van der Waals surface area contributed by atoms with Crippen LogP contribution in [0.3, 0.4) is 0 Å². The van der Waals surface area contributed by atoms with Crippen LogP contribution in [0.5, 0.6) is 5.75 Å². The van der Waals surface area contributed by atoms with Gasteiger partial charge in [0, 0.05) is 11.8 Å². The van der Waals surface area contributed by atoms with Crippen LogP contribution in [0, 0.1) is 17.7 Å². The highest BCUT2D eigenvalue weighted by molar-refractivity contribution is 5.98. The number of hydrogen-bond acceptors (Lipinski definition) is 3. The summed E-state index contributed by atoms with van der Waals surface area (Å²) < 4.78 is 41.2. The van der Waals surface area contributed by atoms with Crippen LogP contribution < -0.4 is 10.1 Å². The Morgan fingerprint density at radius 3 is 2.55 bits per heavy atom. The molecule has 1 aliphatic rings. The van der Waals surface area contributed by atoms with Gasteiger partial charge in [-0.05, 0) is 18.6 Å². The number of hydrogen-bond donors (Lipinski definition) is 2. The molecule has 2 rings (SSSR count). The zero-order valence-electron chi connectivity index (χ0n) is 9.98. The largest absolute Gasteiger partial charge is 0.481 e. The summed E-state index contributed by atoms with van der Waals surface area (Å²) in [5.74, 6) is -4.65. The molecule has 1 aliphatic carbocycles. The van der Waals surface area contributed by atoms with Crippen LogP contribution in [0.1, 0.15) is 6.42 Å². The van der Waals surface area contributed by atoms with Crippen LogP contribution in [0.15, 0.2) is 18.2 Å². The van der Waals surface area contributed by atoms with Gasteiger partial charge in [0.25, 0.3) is 0 Å². The minimum absolute atomic E-state index is 0.0464. The van der Waals surface area contributed by atoms with E-state index < -0.39 is 41.9 Å². The third-order valence-electron chi connectivity index (χ3n) is 2.86. The van der Waals surface area contributed by atoms with Crippen molar-refractivity contribution in [3.05, 3.63) is 24.0 Å². The molecular formula is C12H10F3NO4.